The van der Waals surface area contributed by atoms with Crippen LogP contribution in [-0.4, -0.2) is 14.7 Å². The number of rotatable bonds is 2. The van der Waals surface area contributed by atoms with Gasteiger partial charge in [-0.25, -0.2) is 0 Å². The Bertz CT molecular complexity index is 914. The Balaban J connectivity index is 2.93. The molecule has 2 aromatic carbocycles. The third-order valence-corrected chi connectivity index (χ3v) is 8.07. The van der Waals surface area contributed by atoms with Gasteiger partial charge in [0.15, 0.2) is 0 Å². The Morgan fingerprint density at radius 3 is 1.41 bits per heavy atom. The summed E-state index contributed by atoms with van der Waals surface area (Å²) in [6.45, 7) is 20.5. The van der Waals surface area contributed by atoms with Crippen molar-refractivity contribution >= 4 is 17.9 Å². The molecular weight excluding hydrogens is 379 g/mol. The van der Waals surface area contributed by atoms with Crippen molar-refractivity contribution in [2.45, 2.75) is 85.5 Å². The summed E-state index contributed by atoms with van der Waals surface area (Å²) in [6.07, 6.45) is 0. The molecule has 0 heterocycles. The molecule has 0 radical (unpaired) electrons. The van der Waals surface area contributed by atoms with E-state index >= 15 is 0 Å². The summed E-state index contributed by atoms with van der Waals surface area (Å²) >= 11 is 0. The van der Waals surface area contributed by atoms with Crippen LogP contribution in [0, 0.1) is 6.92 Å². The van der Waals surface area contributed by atoms with E-state index in [2.05, 4.69) is 20.8 Å². The van der Waals surface area contributed by atoms with Crippen LogP contribution in [0.2, 0.25) is 0 Å². The normalized spacial score (nSPS) is 15.1. The maximum absolute atomic E-state index is 11.6. The van der Waals surface area contributed by atoms with Crippen molar-refractivity contribution in [2.24, 2.45) is 0 Å². The van der Waals surface area contributed by atoms with Gasteiger partial charge < -0.3 is 0 Å². The molecule has 0 fully saturated rings. The average Bonchev–Trinajstić information content (AvgIpc) is 2.51. The second-order valence-electron chi connectivity index (χ2n) is 11.5. The number of aryl methyl sites for hydroxylation is 1. The minimum absolute atomic E-state index is 0.0875. The van der Waals surface area contributed by atoms with E-state index in [0.717, 1.165) is 22.3 Å². The first kappa shape index (κ1) is 24.0. The van der Waals surface area contributed by atoms with Crippen molar-refractivity contribution in [2.75, 3.05) is 0 Å². The molecule has 0 aliphatic carbocycles. The van der Waals surface area contributed by atoms with Crippen molar-refractivity contribution < 1.29 is 14.7 Å². The van der Waals surface area contributed by atoms with Crippen molar-refractivity contribution in [3.8, 4) is 0 Å². The Kier molecular flexibility index (Phi) is 5.70. The molecule has 3 nitrogen and oxygen atoms in total. The predicted octanol–water partition coefficient (Wildman–Crippen LogP) is 5.11. The zero-order valence-corrected chi connectivity index (χ0v) is 20.6. The van der Waals surface area contributed by atoms with E-state index in [9.17, 15) is 14.7 Å². The van der Waals surface area contributed by atoms with Crippen LogP contribution in [0.1, 0.15) is 84.6 Å². The summed E-state index contributed by atoms with van der Waals surface area (Å²) in [5.74, 6) is 0. The van der Waals surface area contributed by atoms with E-state index < -0.39 is 7.28 Å². The zero-order valence-electron chi connectivity index (χ0n) is 19.8. The van der Waals surface area contributed by atoms with E-state index in [1.54, 1.807) is 12.1 Å². The molecule has 2 aromatic rings. The molecule has 0 aliphatic rings. The first-order chi connectivity index (χ1) is 12.7. The van der Waals surface area contributed by atoms with Crippen LogP contribution in [0.4, 0.5) is 0 Å². The van der Waals surface area contributed by atoms with Crippen molar-refractivity contribution in [3.05, 3.63) is 58.7 Å². The molecule has 0 aliphatic heterocycles. The molecule has 0 bridgehead atoms. The third-order valence-electron chi connectivity index (χ3n) is 5.52. The van der Waals surface area contributed by atoms with Crippen LogP contribution >= 0.6 is 7.28 Å². The fraction of sp³-hybridized carbons (Fsp3) is 0.520. The number of hydrogen-bond acceptors (Lipinski definition) is 3. The molecule has 0 atom stereocenters. The standard InChI is InChI=1S/C25H39O3P/c1-17-11-13-21(19(15-17)24(5,6)7)29(26,27,28)22-14-12-18(23(2,3)4)16-20(22)25(8,9)10/h11-16,26-28H,1-10H3. The van der Waals surface area contributed by atoms with Crippen LogP contribution in [0.15, 0.2) is 36.4 Å². The number of hydrogen-bond donors (Lipinski definition) is 3. The summed E-state index contributed by atoms with van der Waals surface area (Å²) in [7, 11) is -5.37. The third kappa shape index (κ3) is 4.75. The van der Waals surface area contributed by atoms with Gasteiger partial charge in [0.1, 0.15) is 0 Å². The summed E-state index contributed by atoms with van der Waals surface area (Å²) in [6, 6.07) is 11.1. The van der Waals surface area contributed by atoms with Gasteiger partial charge in [0.2, 0.25) is 0 Å². The van der Waals surface area contributed by atoms with Crippen LogP contribution in [0.3, 0.4) is 0 Å². The average molecular weight is 419 g/mol. The quantitative estimate of drug-likeness (QED) is 0.594. The van der Waals surface area contributed by atoms with Gasteiger partial charge in [-0.15, -0.1) is 0 Å². The Labute approximate surface area is 177 Å². The van der Waals surface area contributed by atoms with Crippen molar-refractivity contribution in [1.82, 2.24) is 0 Å². The molecule has 162 valence electrons. The van der Waals surface area contributed by atoms with E-state index in [1.807, 2.05) is 72.7 Å². The molecule has 0 unspecified atom stereocenters. The SMILES string of the molecule is Cc1ccc(P(O)(O)(O)c2ccc(C(C)(C)C)cc2C(C)(C)C)c(C(C)(C)C)c1. The molecule has 0 amide bonds. The van der Waals surface area contributed by atoms with Gasteiger partial charge in [-0.2, -0.15) is 0 Å². The summed E-state index contributed by atoms with van der Waals surface area (Å²) in [4.78, 5) is 34.9. The molecule has 0 spiro atoms. The Morgan fingerprint density at radius 1 is 0.586 bits per heavy atom. The van der Waals surface area contributed by atoms with Gasteiger partial charge in [-0.1, -0.05) is 0 Å². The maximum atomic E-state index is 11.6. The Morgan fingerprint density at radius 2 is 1.00 bits per heavy atom. The van der Waals surface area contributed by atoms with Gasteiger partial charge in [-0.05, 0) is 0 Å². The summed E-state index contributed by atoms with van der Waals surface area (Å²) < 4.78 is 0. The second-order valence-corrected chi connectivity index (χ2v) is 14.4. The van der Waals surface area contributed by atoms with Crippen LogP contribution in [-0.2, 0) is 16.2 Å². The minimum atomic E-state index is -5.37. The molecule has 0 saturated heterocycles. The molecule has 3 N–H and O–H groups in total. The van der Waals surface area contributed by atoms with Gasteiger partial charge >= 0.3 is 177 Å². The van der Waals surface area contributed by atoms with Gasteiger partial charge in [0.05, 0.1) is 0 Å². The molecule has 2 rings (SSSR count). The zero-order chi connectivity index (χ0) is 22.7. The topological polar surface area (TPSA) is 60.7 Å². The van der Waals surface area contributed by atoms with E-state index in [1.165, 1.54) is 0 Å². The van der Waals surface area contributed by atoms with E-state index in [0.29, 0.717) is 0 Å². The van der Waals surface area contributed by atoms with Crippen LogP contribution < -0.4 is 10.6 Å². The Hall–Kier alpha value is -1.25. The monoisotopic (exact) mass is 418 g/mol. The number of benzene rings is 2. The molecular formula is C25H39O3P. The fourth-order valence-corrected chi connectivity index (χ4v) is 6.35. The van der Waals surface area contributed by atoms with E-state index in [-0.39, 0.29) is 26.9 Å². The molecule has 0 saturated carbocycles. The van der Waals surface area contributed by atoms with E-state index in [4.69, 9.17) is 0 Å². The fourth-order valence-electron chi connectivity index (χ4n) is 3.70. The predicted molar refractivity (Wildman–Crippen MR) is 127 cm³/mol. The van der Waals surface area contributed by atoms with Crippen molar-refractivity contribution in [3.63, 3.8) is 0 Å². The van der Waals surface area contributed by atoms with Gasteiger partial charge in [0.25, 0.3) is 0 Å². The summed E-state index contributed by atoms with van der Waals surface area (Å²) in [5.41, 5.74) is 2.81. The van der Waals surface area contributed by atoms with Crippen LogP contribution in [0.25, 0.3) is 0 Å². The molecule has 4 heteroatoms. The van der Waals surface area contributed by atoms with Gasteiger partial charge in [-0.3, -0.25) is 0 Å². The van der Waals surface area contributed by atoms with Crippen LogP contribution in [0.5, 0.6) is 0 Å². The summed E-state index contributed by atoms with van der Waals surface area (Å²) in [5, 5.41) is 0.453. The molecule has 29 heavy (non-hydrogen) atoms. The second kappa shape index (κ2) is 6.89. The first-order valence-electron chi connectivity index (χ1n) is 10.3. The molecule has 0 aromatic heterocycles. The van der Waals surface area contributed by atoms with Gasteiger partial charge in [0, 0.05) is 0 Å². The van der Waals surface area contributed by atoms with Crippen molar-refractivity contribution in [1.29, 1.82) is 0 Å². The first-order valence-corrected chi connectivity index (χ1v) is 12.4.